The van der Waals surface area contributed by atoms with Crippen LogP contribution in [0, 0.1) is 4.64 Å². The molecule has 1 saturated carbocycles. The van der Waals surface area contributed by atoms with Crippen molar-refractivity contribution in [1.29, 1.82) is 0 Å². The summed E-state index contributed by atoms with van der Waals surface area (Å²) in [5.41, 5.74) is 1.22. The Kier molecular flexibility index (Phi) is 1.92. The van der Waals surface area contributed by atoms with Gasteiger partial charge in [-0.15, -0.1) is 0 Å². The summed E-state index contributed by atoms with van der Waals surface area (Å²) in [4.78, 5) is 8.04. The second kappa shape index (κ2) is 3.27. The summed E-state index contributed by atoms with van der Waals surface area (Å²) in [5, 5.41) is 3.28. The lowest BCUT2D eigenvalue weighted by atomic mass is 10.3. The molecule has 0 aromatic carbocycles. The van der Waals surface area contributed by atoms with Gasteiger partial charge in [-0.25, -0.2) is 14.6 Å². The third-order valence-corrected chi connectivity index (χ3v) is 2.85. The molecule has 3 rings (SSSR count). The van der Waals surface area contributed by atoms with Gasteiger partial charge in [-0.1, -0.05) is 12.2 Å². The van der Waals surface area contributed by atoms with Crippen LogP contribution in [0.5, 0.6) is 0 Å². The van der Waals surface area contributed by atoms with E-state index in [2.05, 4.69) is 15.1 Å². The van der Waals surface area contributed by atoms with Crippen molar-refractivity contribution >= 4 is 12.2 Å². The van der Waals surface area contributed by atoms with Crippen molar-refractivity contribution in [2.24, 2.45) is 0 Å². The Hall–Kier alpha value is -1.49. The maximum atomic E-state index is 5.27. The molecule has 2 aromatic rings. The van der Waals surface area contributed by atoms with Gasteiger partial charge in [0.05, 0.1) is 0 Å². The molecule has 1 aliphatic rings. The molecule has 0 aliphatic heterocycles. The Morgan fingerprint density at radius 1 is 1.47 bits per heavy atom. The third-order valence-electron chi connectivity index (χ3n) is 2.55. The molecule has 0 atom stereocenters. The fourth-order valence-electron chi connectivity index (χ4n) is 1.60. The van der Waals surface area contributed by atoms with E-state index in [1.54, 1.807) is 6.20 Å². The lowest BCUT2D eigenvalue weighted by Crippen LogP contribution is -1.99. The summed E-state index contributed by atoms with van der Waals surface area (Å²) in [6.07, 6.45) is 5.76. The number of hydrogen-bond acceptors (Lipinski definition) is 3. The monoisotopic (exact) mass is 218 g/mol. The van der Waals surface area contributed by atoms with Gasteiger partial charge in [-0.2, -0.15) is 0 Å². The predicted molar refractivity (Wildman–Crippen MR) is 58.5 cm³/mol. The maximum absolute atomic E-state index is 5.27. The van der Waals surface area contributed by atoms with Crippen LogP contribution in [-0.4, -0.2) is 19.7 Å². The highest BCUT2D eigenvalue weighted by atomic mass is 32.1. The van der Waals surface area contributed by atoms with Crippen molar-refractivity contribution in [3.63, 3.8) is 0 Å². The van der Waals surface area contributed by atoms with Crippen LogP contribution in [0.15, 0.2) is 24.7 Å². The molecule has 2 aromatic heterocycles. The molecule has 0 saturated heterocycles. The zero-order valence-electron chi connectivity index (χ0n) is 8.05. The minimum Gasteiger partial charge on any atom is -0.295 e. The Morgan fingerprint density at radius 2 is 2.33 bits per heavy atom. The number of nitrogens with zero attached hydrogens (tertiary/aromatic N) is 3. The smallest absolute Gasteiger partial charge is 0.156 e. The van der Waals surface area contributed by atoms with E-state index in [9.17, 15) is 0 Å². The van der Waals surface area contributed by atoms with Crippen LogP contribution in [0.1, 0.15) is 24.5 Å². The van der Waals surface area contributed by atoms with Gasteiger partial charge in [0.2, 0.25) is 0 Å². The molecular formula is C10H10N4S. The molecule has 0 bridgehead atoms. The first-order valence-electron chi connectivity index (χ1n) is 4.93. The molecule has 15 heavy (non-hydrogen) atoms. The van der Waals surface area contributed by atoms with E-state index in [1.807, 2.05) is 16.8 Å². The van der Waals surface area contributed by atoms with Crippen LogP contribution in [0.3, 0.4) is 0 Å². The number of aromatic nitrogens is 4. The Morgan fingerprint density at radius 3 is 3.00 bits per heavy atom. The number of hydrogen-bond donors (Lipinski definition) is 1. The molecule has 0 radical (unpaired) electrons. The predicted octanol–water partition coefficient (Wildman–Crippen LogP) is 2.20. The van der Waals surface area contributed by atoms with Gasteiger partial charge >= 0.3 is 0 Å². The highest BCUT2D eigenvalue weighted by molar-refractivity contribution is 7.71. The molecule has 76 valence electrons. The van der Waals surface area contributed by atoms with Gasteiger partial charge in [-0.3, -0.25) is 5.10 Å². The van der Waals surface area contributed by atoms with Crippen LogP contribution in [0.25, 0.3) is 5.82 Å². The van der Waals surface area contributed by atoms with E-state index in [0.29, 0.717) is 5.92 Å². The van der Waals surface area contributed by atoms with Gasteiger partial charge in [0.25, 0.3) is 0 Å². The quantitative estimate of drug-likeness (QED) is 0.786. The van der Waals surface area contributed by atoms with Gasteiger partial charge in [0, 0.05) is 23.9 Å². The minimum atomic E-state index is 0.676. The zero-order valence-corrected chi connectivity index (χ0v) is 8.87. The largest absolute Gasteiger partial charge is 0.295 e. The van der Waals surface area contributed by atoms with Crippen molar-refractivity contribution in [1.82, 2.24) is 19.7 Å². The molecule has 0 unspecified atom stereocenters. The van der Waals surface area contributed by atoms with E-state index in [-0.39, 0.29) is 0 Å². The van der Waals surface area contributed by atoms with E-state index in [0.717, 1.165) is 10.5 Å². The topological polar surface area (TPSA) is 46.5 Å². The molecule has 0 spiro atoms. The number of aromatic amines is 1. The van der Waals surface area contributed by atoms with Crippen molar-refractivity contribution in [2.75, 3.05) is 0 Å². The molecule has 1 N–H and O–H groups in total. The number of nitrogens with one attached hydrogen (secondary N) is 1. The molecule has 1 fully saturated rings. The zero-order chi connectivity index (χ0) is 10.3. The highest BCUT2D eigenvalue weighted by Gasteiger charge is 2.25. The van der Waals surface area contributed by atoms with Crippen LogP contribution >= 0.6 is 12.2 Å². The summed E-state index contributed by atoms with van der Waals surface area (Å²) in [6, 6.07) is 3.86. The van der Waals surface area contributed by atoms with E-state index < -0.39 is 0 Å². The van der Waals surface area contributed by atoms with Crippen molar-refractivity contribution in [3.8, 4) is 5.82 Å². The maximum Gasteiger partial charge on any atom is 0.156 e. The first-order chi connectivity index (χ1) is 7.34. The van der Waals surface area contributed by atoms with Gasteiger partial charge in [0.1, 0.15) is 11.0 Å². The second-order valence-corrected chi connectivity index (χ2v) is 4.15. The van der Waals surface area contributed by atoms with Crippen molar-refractivity contribution in [3.05, 3.63) is 35.0 Å². The Bertz CT molecular complexity index is 524. The van der Waals surface area contributed by atoms with E-state index in [1.165, 1.54) is 24.9 Å². The van der Waals surface area contributed by atoms with Crippen molar-refractivity contribution in [2.45, 2.75) is 18.8 Å². The third kappa shape index (κ3) is 1.59. The lowest BCUT2D eigenvalue weighted by Gasteiger charge is -2.00. The van der Waals surface area contributed by atoms with Gasteiger partial charge in [0.15, 0.2) is 5.82 Å². The van der Waals surface area contributed by atoms with Gasteiger partial charge < -0.3 is 0 Å². The molecular weight excluding hydrogens is 208 g/mol. The van der Waals surface area contributed by atoms with Crippen LogP contribution in [0.4, 0.5) is 0 Å². The summed E-state index contributed by atoms with van der Waals surface area (Å²) in [7, 11) is 0. The normalized spacial score (nSPS) is 15.5. The van der Waals surface area contributed by atoms with E-state index in [4.69, 9.17) is 12.2 Å². The fourth-order valence-corrected chi connectivity index (χ4v) is 1.87. The summed E-state index contributed by atoms with van der Waals surface area (Å²) in [6.45, 7) is 0. The average Bonchev–Trinajstić information content (AvgIpc) is 3.04. The Labute approximate surface area is 92.0 Å². The first kappa shape index (κ1) is 8.79. The first-order valence-corrected chi connectivity index (χ1v) is 5.34. The van der Waals surface area contributed by atoms with Gasteiger partial charge in [-0.05, 0) is 18.9 Å². The molecule has 5 heteroatoms. The molecule has 4 nitrogen and oxygen atoms in total. The summed E-state index contributed by atoms with van der Waals surface area (Å²) < 4.78 is 2.60. The summed E-state index contributed by atoms with van der Waals surface area (Å²) >= 11 is 5.27. The van der Waals surface area contributed by atoms with Crippen molar-refractivity contribution < 1.29 is 0 Å². The molecule has 2 heterocycles. The van der Waals surface area contributed by atoms with E-state index >= 15 is 0 Å². The highest BCUT2D eigenvalue weighted by Crippen LogP contribution is 2.39. The van der Waals surface area contributed by atoms with Crippen LogP contribution in [0.2, 0.25) is 0 Å². The standard InChI is InChI=1S/C10H10N4S/c15-10-5-8(7-1-2-7)13-14(10)9-3-4-11-6-12-9/h3-7,13H,1-2H2. The number of rotatable bonds is 2. The van der Waals surface area contributed by atoms with Crippen LogP contribution in [-0.2, 0) is 0 Å². The lowest BCUT2D eigenvalue weighted by molar-refractivity contribution is 0.800. The average molecular weight is 218 g/mol. The fraction of sp³-hybridized carbons (Fsp3) is 0.300. The molecule has 1 aliphatic carbocycles. The van der Waals surface area contributed by atoms with Crippen LogP contribution < -0.4 is 0 Å². The Balaban J connectivity index is 2.08. The SMILES string of the molecule is S=c1cc(C2CC2)[nH]n1-c1ccncn1. The number of H-pyrrole nitrogens is 1. The molecule has 0 amide bonds. The second-order valence-electron chi connectivity index (χ2n) is 3.73. The summed E-state index contributed by atoms with van der Waals surface area (Å²) in [5.74, 6) is 1.47. The minimum absolute atomic E-state index is 0.676.